The standard InChI is InChI=1S/C22H23ClN2O2S/c23-18-10-12-19(13-11-18)28(26,27)24-16-22(25-14-3-4-15-25)21-9-5-7-17-6-1-2-8-20(17)21/h1-2,5-13,22,24H,3-4,14-16H2/p+1/t22-/m1/s1. The van der Waals surface area contributed by atoms with Crippen LogP contribution in [0.3, 0.4) is 0 Å². The lowest BCUT2D eigenvalue weighted by Gasteiger charge is -2.26. The maximum Gasteiger partial charge on any atom is 0.240 e. The minimum Gasteiger partial charge on any atom is -0.328 e. The first kappa shape index (κ1) is 19.4. The second-order valence-corrected chi connectivity index (χ2v) is 9.50. The van der Waals surface area contributed by atoms with Gasteiger partial charge in [0.05, 0.1) is 24.5 Å². The van der Waals surface area contributed by atoms with Crippen molar-refractivity contribution >= 4 is 32.4 Å². The number of likely N-dealkylation sites (tertiary alicyclic amines) is 1. The van der Waals surface area contributed by atoms with Gasteiger partial charge in [0.25, 0.3) is 0 Å². The Morgan fingerprint density at radius 1 is 0.929 bits per heavy atom. The lowest BCUT2D eigenvalue weighted by Crippen LogP contribution is -3.11. The van der Waals surface area contributed by atoms with Crippen molar-refractivity contribution in [3.05, 3.63) is 77.3 Å². The Bertz CT molecular complexity index is 1060. The van der Waals surface area contributed by atoms with Gasteiger partial charge in [-0.25, -0.2) is 13.1 Å². The van der Waals surface area contributed by atoms with E-state index in [1.807, 2.05) is 12.1 Å². The molecular weight excluding hydrogens is 392 g/mol. The zero-order valence-corrected chi connectivity index (χ0v) is 17.1. The molecule has 3 aromatic carbocycles. The van der Waals surface area contributed by atoms with Gasteiger partial charge in [0.1, 0.15) is 6.04 Å². The van der Waals surface area contributed by atoms with Gasteiger partial charge in [-0.1, -0.05) is 54.1 Å². The average Bonchev–Trinajstić information content (AvgIpc) is 3.23. The smallest absolute Gasteiger partial charge is 0.240 e. The van der Waals surface area contributed by atoms with Crippen LogP contribution in [-0.4, -0.2) is 28.1 Å². The highest BCUT2D eigenvalue weighted by Crippen LogP contribution is 2.24. The molecule has 0 bridgehead atoms. The topological polar surface area (TPSA) is 50.6 Å². The molecule has 146 valence electrons. The maximum absolute atomic E-state index is 12.8. The van der Waals surface area contributed by atoms with Gasteiger partial charge in [-0.2, -0.15) is 0 Å². The third-order valence-electron chi connectivity index (χ3n) is 5.54. The first-order chi connectivity index (χ1) is 13.5. The summed E-state index contributed by atoms with van der Waals surface area (Å²) in [7, 11) is -3.58. The number of sulfonamides is 1. The van der Waals surface area contributed by atoms with Crippen LogP contribution in [0.1, 0.15) is 24.4 Å². The number of rotatable bonds is 6. The second-order valence-electron chi connectivity index (χ2n) is 7.29. The van der Waals surface area contributed by atoms with E-state index in [1.165, 1.54) is 34.1 Å². The molecule has 0 spiro atoms. The molecule has 4 nitrogen and oxygen atoms in total. The molecule has 1 aliphatic rings. The summed E-state index contributed by atoms with van der Waals surface area (Å²) in [5.41, 5.74) is 1.20. The molecular formula is C22H24ClN2O2S+. The fourth-order valence-corrected chi connectivity index (χ4v) is 5.27. The van der Waals surface area contributed by atoms with E-state index in [2.05, 4.69) is 35.1 Å². The minimum atomic E-state index is -3.58. The molecule has 0 aromatic heterocycles. The average molecular weight is 416 g/mol. The zero-order chi connectivity index (χ0) is 19.6. The van der Waals surface area contributed by atoms with Crippen molar-refractivity contribution in [2.24, 2.45) is 0 Å². The lowest BCUT2D eigenvalue weighted by molar-refractivity contribution is -0.918. The van der Waals surface area contributed by atoms with Crippen LogP contribution in [0.15, 0.2) is 71.6 Å². The second kappa shape index (κ2) is 8.21. The molecule has 3 aromatic rings. The minimum absolute atomic E-state index is 0.0793. The summed E-state index contributed by atoms with van der Waals surface area (Å²) in [4.78, 5) is 1.68. The normalized spacial score (nSPS) is 16.5. The Balaban J connectivity index is 1.65. The van der Waals surface area contributed by atoms with Crippen molar-refractivity contribution < 1.29 is 13.3 Å². The van der Waals surface area contributed by atoms with Crippen molar-refractivity contribution in [3.63, 3.8) is 0 Å². The Kier molecular flexibility index (Phi) is 5.69. The molecule has 1 heterocycles. The van der Waals surface area contributed by atoms with Crippen LogP contribution >= 0.6 is 11.6 Å². The highest BCUT2D eigenvalue weighted by atomic mass is 35.5. The SMILES string of the molecule is O=S(=O)(NC[C@H](c1cccc2ccccc12)[NH+]1CCCC1)c1ccc(Cl)cc1. The Hall–Kier alpha value is -1.92. The van der Waals surface area contributed by atoms with Gasteiger partial charge in [0.15, 0.2) is 0 Å². The Morgan fingerprint density at radius 2 is 1.61 bits per heavy atom. The van der Waals surface area contributed by atoms with Crippen LogP contribution in [0.4, 0.5) is 0 Å². The summed E-state index contributed by atoms with van der Waals surface area (Å²) in [6, 6.07) is 21.0. The monoisotopic (exact) mass is 415 g/mol. The van der Waals surface area contributed by atoms with Crippen molar-refractivity contribution in [1.29, 1.82) is 0 Å². The maximum atomic E-state index is 12.8. The molecule has 0 aliphatic carbocycles. The van der Waals surface area contributed by atoms with E-state index in [9.17, 15) is 8.42 Å². The predicted octanol–water partition coefficient (Wildman–Crippen LogP) is 3.19. The number of fused-ring (bicyclic) bond motifs is 1. The number of hydrogen-bond acceptors (Lipinski definition) is 2. The molecule has 4 rings (SSSR count). The highest BCUT2D eigenvalue weighted by Gasteiger charge is 2.30. The van der Waals surface area contributed by atoms with E-state index >= 15 is 0 Å². The summed E-state index contributed by atoms with van der Waals surface area (Å²) < 4.78 is 28.4. The van der Waals surface area contributed by atoms with Crippen LogP contribution in [0, 0.1) is 0 Å². The molecule has 28 heavy (non-hydrogen) atoms. The summed E-state index contributed by atoms with van der Waals surface area (Å²) in [6.45, 7) is 2.50. The van der Waals surface area contributed by atoms with Crippen LogP contribution in [0.25, 0.3) is 10.8 Å². The predicted molar refractivity (Wildman–Crippen MR) is 113 cm³/mol. The Morgan fingerprint density at radius 3 is 2.36 bits per heavy atom. The Labute approximate surface area is 171 Å². The van der Waals surface area contributed by atoms with Crippen LogP contribution in [0.2, 0.25) is 5.02 Å². The summed E-state index contributed by atoms with van der Waals surface area (Å²) >= 11 is 5.89. The molecule has 2 N–H and O–H groups in total. The molecule has 0 amide bonds. The molecule has 1 fully saturated rings. The van der Waals surface area contributed by atoms with Gasteiger partial charge in [0.2, 0.25) is 10.0 Å². The lowest BCUT2D eigenvalue weighted by atomic mass is 9.98. The first-order valence-electron chi connectivity index (χ1n) is 9.62. The number of halogens is 1. The van der Waals surface area contributed by atoms with E-state index in [0.29, 0.717) is 11.6 Å². The van der Waals surface area contributed by atoms with Crippen LogP contribution in [-0.2, 0) is 10.0 Å². The van der Waals surface area contributed by atoms with Gasteiger partial charge >= 0.3 is 0 Å². The third-order valence-corrected chi connectivity index (χ3v) is 7.23. The molecule has 0 radical (unpaired) electrons. The van der Waals surface area contributed by atoms with Crippen molar-refractivity contribution in [1.82, 2.24) is 4.72 Å². The van der Waals surface area contributed by atoms with Crippen LogP contribution < -0.4 is 9.62 Å². The molecule has 1 atom stereocenters. The van der Waals surface area contributed by atoms with E-state index in [1.54, 1.807) is 24.3 Å². The largest absolute Gasteiger partial charge is 0.328 e. The van der Waals surface area contributed by atoms with Crippen molar-refractivity contribution in [3.8, 4) is 0 Å². The van der Waals surface area contributed by atoms with Gasteiger partial charge in [-0.05, 0) is 35.0 Å². The number of hydrogen-bond donors (Lipinski definition) is 2. The van der Waals surface area contributed by atoms with Crippen molar-refractivity contribution in [2.45, 2.75) is 23.8 Å². The van der Waals surface area contributed by atoms with Gasteiger partial charge in [0, 0.05) is 23.4 Å². The number of quaternary nitrogens is 1. The number of nitrogens with one attached hydrogen (secondary N) is 2. The molecule has 0 unspecified atom stereocenters. The molecule has 6 heteroatoms. The van der Waals surface area contributed by atoms with Gasteiger partial charge in [-0.3, -0.25) is 0 Å². The third kappa shape index (κ3) is 4.08. The molecule has 0 saturated carbocycles. The van der Waals surface area contributed by atoms with E-state index < -0.39 is 10.0 Å². The molecule has 1 aliphatic heterocycles. The fraction of sp³-hybridized carbons (Fsp3) is 0.273. The van der Waals surface area contributed by atoms with E-state index in [4.69, 9.17) is 11.6 Å². The number of benzene rings is 3. The molecule has 1 saturated heterocycles. The zero-order valence-electron chi connectivity index (χ0n) is 15.6. The summed E-state index contributed by atoms with van der Waals surface area (Å²) in [5, 5.41) is 2.90. The van der Waals surface area contributed by atoms with Crippen LogP contribution in [0.5, 0.6) is 0 Å². The van der Waals surface area contributed by atoms with E-state index in [0.717, 1.165) is 13.1 Å². The van der Waals surface area contributed by atoms with Gasteiger partial charge in [-0.15, -0.1) is 0 Å². The van der Waals surface area contributed by atoms with E-state index in [-0.39, 0.29) is 10.9 Å². The van der Waals surface area contributed by atoms with Gasteiger partial charge < -0.3 is 4.90 Å². The quantitative estimate of drug-likeness (QED) is 0.649. The first-order valence-corrected chi connectivity index (χ1v) is 11.5. The highest BCUT2D eigenvalue weighted by molar-refractivity contribution is 7.89. The summed E-state index contributed by atoms with van der Waals surface area (Å²) in [5.74, 6) is 0. The summed E-state index contributed by atoms with van der Waals surface area (Å²) in [6.07, 6.45) is 2.36. The fourth-order valence-electron chi connectivity index (χ4n) is 4.10. The van der Waals surface area contributed by atoms with Crippen molar-refractivity contribution in [2.75, 3.05) is 19.6 Å².